The van der Waals surface area contributed by atoms with Crippen molar-refractivity contribution in [3.8, 4) is 5.75 Å². The molecule has 0 spiro atoms. The number of carboxylic acid groups (broad SMARTS) is 1. The molecule has 2 aromatic rings. The Kier molecular flexibility index (Phi) is 3.94. The number of hydrogen-bond donors (Lipinski definition) is 1. The standard InChI is InChI=1S/C13H13NO3S/c1-9-3-2-4-10(5-9)17-8-12-14-7-11(18-12)6-13(15)16/h2-5,7H,6,8H2,1H3,(H,15,16). The zero-order chi connectivity index (χ0) is 13.0. The minimum absolute atomic E-state index is 0.0160. The summed E-state index contributed by atoms with van der Waals surface area (Å²) >= 11 is 1.37. The third-order valence-corrected chi connectivity index (χ3v) is 3.25. The third kappa shape index (κ3) is 3.56. The smallest absolute Gasteiger partial charge is 0.308 e. The number of carbonyl (C=O) groups is 1. The maximum Gasteiger partial charge on any atom is 0.308 e. The minimum Gasteiger partial charge on any atom is -0.486 e. The summed E-state index contributed by atoms with van der Waals surface area (Å²) in [6.07, 6.45) is 1.61. The van der Waals surface area contributed by atoms with E-state index in [2.05, 4.69) is 4.98 Å². The summed E-state index contributed by atoms with van der Waals surface area (Å²) in [5.74, 6) is -0.0465. The van der Waals surface area contributed by atoms with E-state index in [1.807, 2.05) is 31.2 Å². The Labute approximate surface area is 109 Å². The van der Waals surface area contributed by atoms with Gasteiger partial charge in [-0.25, -0.2) is 4.98 Å². The molecule has 0 atom stereocenters. The van der Waals surface area contributed by atoms with Crippen molar-refractivity contribution in [2.45, 2.75) is 20.0 Å². The second-order valence-corrected chi connectivity index (χ2v) is 5.10. The predicted molar refractivity (Wildman–Crippen MR) is 69.0 cm³/mol. The molecule has 1 heterocycles. The van der Waals surface area contributed by atoms with Gasteiger partial charge in [0.2, 0.25) is 0 Å². The average Bonchev–Trinajstić information content (AvgIpc) is 2.73. The number of benzene rings is 1. The summed E-state index contributed by atoms with van der Waals surface area (Å²) in [6.45, 7) is 2.37. The molecule has 0 aliphatic heterocycles. The molecule has 0 aliphatic carbocycles. The van der Waals surface area contributed by atoms with Crippen molar-refractivity contribution >= 4 is 17.3 Å². The van der Waals surface area contributed by atoms with Crippen LogP contribution in [0.4, 0.5) is 0 Å². The number of hydrogen-bond acceptors (Lipinski definition) is 4. The molecule has 0 aliphatic rings. The molecule has 1 N–H and O–H groups in total. The molecule has 0 radical (unpaired) electrons. The summed E-state index contributed by atoms with van der Waals surface area (Å²) < 4.78 is 5.59. The summed E-state index contributed by atoms with van der Waals surface area (Å²) in [5, 5.41) is 9.45. The second-order valence-electron chi connectivity index (χ2n) is 3.90. The van der Waals surface area contributed by atoms with Crippen LogP contribution in [0.5, 0.6) is 5.75 Å². The number of thiazole rings is 1. The van der Waals surface area contributed by atoms with Gasteiger partial charge in [0.1, 0.15) is 17.4 Å². The highest BCUT2D eigenvalue weighted by atomic mass is 32.1. The van der Waals surface area contributed by atoms with Crippen molar-refractivity contribution < 1.29 is 14.6 Å². The fraction of sp³-hybridized carbons (Fsp3) is 0.231. The molecule has 94 valence electrons. The zero-order valence-electron chi connectivity index (χ0n) is 9.92. The highest BCUT2D eigenvalue weighted by Crippen LogP contribution is 2.18. The normalized spacial score (nSPS) is 10.3. The number of aromatic nitrogens is 1. The van der Waals surface area contributed by atoms with Crippen LogP contribution in [0.1, 0.15) is 15.4 Å². The van der Waals surface area contributed by atoms with Gasteiger partial charge >= 0.3 is 5.97 Å². The lowest BCUT2D eigenvalue weighted by Gasteiger charge is -2.04. The fourth-order valence-electron chi connectivity index (χ4n) is 1.50. The van der Waals surface area contributed by atoms with Gasteiger partial charge in [-0.15, -0.1) is 11.3 Å². The molecule has 18 heavy (non-hydrogen) atoms. The number of ether oxygens (including phenoxy) is 1. The van der Waals surface area contributed by atoms with Crippen LogP contribution in [0, 0.1) is 6.92 Å². The maximum atomic E-state index is 10.5. The molecule has 1 aromatic heterocycles. The molecule has 5 heteroatoms. The predicted octanol–water partition coefficient (Wildman–Crippen LogP) is 2.66. The van der Waals surface area contributed by atoms with Gasteiger partial charge in [-0.05, 0) is 24.6 Å². The highest BCUT2D eigenvalue weighted by molar-refractivity contribution is 7.11. The van der Waals surface area contributed by atoms with Gasteiger partial charge in [0.05, 0.1) is 6.42 Å². The summed E-state index contributed by atoms with van der Waals surface area (Å²) in [4.78, 5) is 15.4. The van der Waals surface area contributed by atoms with E-state index in [1.54, 1.807) is 6.20 Å². The Morgan fingerprint density at radius 3 is 3.06 bits per heavy atom. The lowest BCUT2D eigenvalue weighted by molar-refractivity contribution is -0.136. The Balaban J connectivity index is 1.94. The summed E-state index contributed by atoms with van der Waals surface area (Å²) in [5.41, 5.74) is 1.14. The second kappa shape index (κ2) is 5.64. The van der Waals surface area contributed by atoms with Gasteiger partial charge < -0.3 is 9.84 Å². The molecule has 0 bridgehead atoms. The van der Waals surface area contributed by atoms with E-state index < -0.39 is 5.97 Å². The first kappa shape index (κ1) is 12.6. The number of rotatable bonds is 5. The Hall–Kier alpha value is -1.88. The van der Waals surface area contributed by atoms with Crippen molar-refractivity contribution in [3.05, 3.63) is 45.9 Å². The van der Waals surface area contributed by atoms with Gasteiger partial charge in [0, 0.05) is 11.1 Å². The molecular weight excluding hydrogens is 250 g/mol. The largest absolute Gasteiger partial charge is 0.486 e. The van der Waals surface area contributed by atoms with Gasteiger partial charge in [0.25, 0.3) is 0 Å². The molecule has 0 amide bonds. The van der Waals surface area contributed by atoms with Crippen LogP contribution in [0.2, 0.25) is 0 Å². The molecule has 0 saturated heterocycles. The van der Waals surface area contributed by atoms with Gasteiger partial charge in [-0.2, -0.15) is 0 Å². The first-order valence-electron chi connectivity index (χ1n) is 5.48. The summed E-state index contributed by atoms with van der Waals surface area (Å²) in [6, 6.07) is 7.77. The van der Waals surface area contributed by atoms with Crippen LogP contribution in [-0.2, 0) is 17.8 Å². The third-order valence-electron chi connectivity index (χ3n) is 2.28. The van der Waals surface area contributed by atoms with Gasteiger partial charge in [0.15, 0.2) is 0 Å². The maximum absolute atomic E-state index is 10.5. The van der Waals surface area contributed by atoms with Crippen LogP contribution in [0.3, 0.4) is 0 Å². The van der Waals surface area contributed by atoms with Crippen molar-refractivity contribution in [1.29, 1.82) is 0 Å². The minimum atomic E-state index is -0.843. The monoisotopic (exact) mass is 263 g/mol. The van der Waals surface area contributed by atoms with E-state index in [-0.39, 0.29) is 6.42 Å². The average molecular weight is 263 g/mol. The first-order valence-corrected chi connectivity index (χ1v) is 6.30. The fourth-order valence-corrected chi connectivity index (χ4v) is 2.32. The summed E-state index contributed by atoms with van der Waals surface area (Å²) in [7, 11) is 0. The van der Waals surface area contributed by atoms with Crippen molar-refractivity contribution in [3.63, 3.8) is 0 Å². The Morgan fingerprint density at radius 1 is 1.50 bits per heavy atom. The van der Waals surface area contributed by atoms with Crippen LogP contribution in [0.25, 0.3) is 0 Å². The molecule has 0 saturated carbocycles. The zero-order valence-corrected chi connectivity index (χ0v) is 10.7. The van der Waals surface area contributed by atoms with E-state index in [9.17, 15) is 4.79 Å². The topological polar surface area (TPSA) is 59.4 Å². The Morgan fingerprint density at radius 2 is 2.33 bits per heavy atom. The van der Waals surface area contributed by atoms with Gasteiger partial charge in [-0.3, -0.25) is 4.79 Å². The van der Waals surface area contributed by atoms with E-state index >= 15 is 0 Å². The Bertz CT molecular complexity index is 551. The molecule has 0 fully saturated rings. The van der Waals surface area contributed by atoms with Crippen molar-refractivity contribution in [2.24, 2.45) is 0 Å². The van der Waals surface area contributed by atoms with E-state index in [1.165, 1.54) is 11.3 Å². The number of aliphatic carboxylic acids is 1. The number of carboxylic acids is 1. The molecule has 4 nitrogen and oxygen atoms in total. The van der Waals surface area contributed by atoms with E-state index in [0.717, 1.165) is 21.2 Å². The first-order chi connectivity index (χ1) is 8.63. The van der Waals surface area contributed by atoms with Crippen LogP contribution in [-0.4, -0.2) is 16.1 Å². The SMILES string of the molecule is Cc1cccc(OCc2ncc(CC(=O)O)s2)c1. The van der Waals surface area contributed by atoms with Crippen molar-refractivity contribution in [1.82, 2.24) is 4.98 Å². The highest BCUT2D eigenvalue weighted by Gasteiger charge is 2.06. The van der Waals surface area contributed by atoms with Gasteiger partial charge in [-0.1, -0.05) is 12.1 Å². The molecule has 2 rings (SSSR count). The van der Waals surface area contributed by atoms with E-state index in [0.29, 0.717) is 6.61 Å². The van der Waals surface area contributed by atoms with Crippen molar-refractivity contribution in [2.75, 3.05) is 0 Å². The number of nitrogens with zero attached hydrogens (tertiary/aromatic N) is 1. The van der Waals surface area contributed by atoms with Crippen LogP contribution < -0.4 is 4.74 Å². The van der Waals surface area contributed by atoms with Crippen LogP contribution in [0.15, 0.2) is 30.5 Å². The molecular formula is C13H13NO3S. The number of aryl methyl sites for hydroxylation is 1. The molecule has 1 aromatic carbocycles. The molecule has 0 unspecified atom stereocenters. The van der Waals surface area contributed by atoms with E-state index in [4.69, 9.17) is 9.84 Å². The van der Waals surface area contributed by atoms with Crippen LogP contribution >= 0.6 is 11.3 Å². The quantitative estimate of drug-likeness (QED) is 0.901. The lowest BCUT2D eigenvalue weighted by atomic mass is 10.2. The lowest BCUT2D eigenvalue weighted by Crippen LogP contribution is -1.97.